The number of amides is 1. The second kappa shape index (κ2) is 10.0. The van der Waals surface area contributed by atoms with Gasteiger partial charge in [-0.25, -0.2) is 4.98 Å². The number of nitrogens with zero attached hydrogens (tertiary/aromatic N) is 2. The number of carbonyl (C=O) groups is 1. The quantitative estimate of drug-likeness (QED) is 0.432. The molecule has 0 bridgehead atoms. The van der Waals surface area contributed by atoms with E-state index in [0.717, 1.165) is 43.2 Å². The SMILES string of the molecule is CNc1ccccc1CNc1cc(Nc2ccc(N3CCOCC3)cc2)ncc1C(N)=O. The maximum absolute atomic E-state index is 11.9. The van der Waals surface area contributed by atoms with Crippen LogP contribution in [0.4, 0.5) is 28.6 Å². The molecular formula is C24H28N6O2. The lowest BCUT2D eigenvalue weighted by Gasteiger charge is -2.28. The van der Waals surface area contributed by atoms with Gasteiger partial charge >= 0.3 is 0 Å². The number of rotatable bonds is 8. The topological polar surface area (TPSA) is 105 Å². The molecule has 8 heteroatoms. The summed E-state index contributed by atoms with van der Waals surface area (Å²) in [7, 11) is 1.88. The number of nitrogens with two attached hydrogens (primary N) is 1. The third-order valence-electron chi connectivity index (χ3n) is 5.44. The average molecular weight is 433 g/mol. The largest absolute Gasteiger partial charge is 0.388 e. The smallest absolute Gasteiger partial charge is 0.252 e. The maximum Gasteiger partial charge on any atom is 0.252 e. The fourth-order valence-corrected chi connectivity index (χ4v) is 3.70. The molecule has 0 radical (unpaired) electrons. The minimum Gasteiger partial charge on any atom is -0.388 e. The Balaban J connectivity index is 1.49. The Morgan fingerprint density at radius 3 is 2.56 bits per heavy atom. The zero-order chi connectivity index (χ0) is 22.3. The highest BCUT2D eigenvalue weighted by atomic mass is 16.5. The van der Waals surface area contributed by atoms with Gasteiger partial charge in [-0.3, -0.25) is 4.79 Å². The Bertz CT molecular complexity index is 1060. The molecule has 2 aromatic carbocycles. The van der Waals surface area contributed by atoms with E-state index in [-0.39, 0.29) is 0 Å². The third kappa shape index (κ3) is 5.09. The van der Waals surface area contributed by atoms with Crippen LogP contribution in [0.5, 0.6) is 0 Å². The van der Waals surface area contributed by atoms with Crippen LogP contribution in [0.3, 0.4) is 0 Å². The van der Waals surface area contributed by atoms with Gasteiger partial charge in [-0.1, -0.05) is 18.2 Å². The first-order chi connectivity index (χ1) is 15.6. The van der Waals surface area contributed by atoms with Crippen molar-refractivity contribution in [2.45, 2.75) is 6.54 Å². The molecule has 3 aromatic rings. The fourth-order valence-electron chi connectivity index (χ4n) is 3.70. The van der Waals surface area contributed by atoms with Crippen molar-refractivity contribution < 1.29 is 9.53 Å². The number of hydrogen-bond donors (Lipinski definition) is 4. The number of anilines is 5. The van der Waals surface area contributed by atoms with Crippen LogP contribution < -0.4 is 26.6 Å². The molecule has 4 rings (SSSR count). The van der Waals surface area contributed by atoms with Gasteiger partial charge in [-0.15, -0.1) is 0 Å². The summed E-state index contributed by atoms with van der Waals surface area (Å²) < 4.78 is 5.42. The highest BCUT2D eigenvalue weighted by molar-refractivity contribution is 5.98. The summed E-state index contributed by atoms with van der Waals surface area (Å²) in [6.45, 7) is 3.84. The van der Waals surface area contributed by atoms with Crippen molar-refractivity contribution >= 4 is 34.5 Å². The van der Waals surface area contributed by atoms with E-state index in [2.05, 4.69) is 38.0 Å². The van der Waals surface area contributed by atoms with Crippen molar-refractivity contribution in [3.05, 3.63) is 71.9 Å². The van der Waals surface area contributed by atoms with Gasteiger partial charge in [-0.2, -0.15) is 0 Å². The summed E-state index contributed by atoms with van der Waals surface area (Å²) in [6.07, 6.45) is 1.50. The molecule has 5 N–H and O–H groups in total. The summed E-state index contributed by atoms with van der Waals surface area (Å²) in [5, 5.41) is 9.80. The lowest BCUT2D eigenvalue weighted by atomic mass is 10.1. The number of nitrogens with one attached hydrogen (secondary N) is 3. The molecule has 1 fully saturated rings. The van der Waals surface area contributed by atoms with Gasteiger partial charge in [0, 0.05) is 56.0 Å². The van der Waals surface area contributed by atoms with Gasteiger partial charge in [0.15, 0.2) is 0 Å². The predicted molar refractivity (Wildman–Crippen MR) is 129 cm³/mol. The lowest BCUT2D eigenvalue weighted by Crippen LogP contribution is -2.36. The van der Waals surface area contributed by atoms with E-state index in [1.54, 1.807) is 6.07 Å². The van der Waals surface area contributed by atoms with Crippen LogP contribution in [-0.2, 0) is 11.3 Å². The van der Waals surface area contributed by atoms with Crippen molar-refractivity contribution in [3.8, 4) is 0 Å². The van der Waals surface area contributed by atoms with E-state index in [9.17, 15) is 4.79 Å². The summed E-state index contributed by atoms with van der Waals surface area (Å²) >= 11 is 0. The van der Waals surface area contributed by atoms with Gasteiger partial charge in [0.05, 0.1) is 24.5 Å². The summed E-state index contributed by atoms with van der Waals surface area (Å²) in [5.74, 6) is 0.0989. The van der Waals surface area contributed by atoms with Gasteiger partial charge < -0.3 is 31.3 Å². The minimum atomic E-state index is -0.525. The first kappa shape index (κ1) is 21.5. The molecule has 0 unspecified atom stereocenters. The molecule has 32 heavy (non-hydrogen) atoms. The molecule has 8 nitrogen and oxygen atoms in total. The number of morpholine rings is 1. The number of para-hydroxylation sites is 1. The first-order valence-electron chi connectivity index (χ1n) is 10.6. The van der Waals surface area contributed by atoms with Crippen molar-refractivity contribution in [1.29, 1.82) is 0 Å². The number of ether oxygens (including phenoxy) is 1. The number of aromatic nitrogens is 1. The van der Waals surface area contributed by atoms with Crippen LogP contribution in [0.1, 0.15) is 15.9 Å². The number of primary amides is 1. The van der Waals surface area contributed by atoms with E-state index in [4.69, 9.17) is 10.5 Å². The van der Waals surface area contributed by atoms with Crippen molar-refractivity contribution in [1.82, 2.24) is 4.98 Å². The molecule has 1 aliphatic rings. The summed E-state index contributed by atoms with van der Waals surface area (Å²) in [6, 6.07) is 18.0. The van der Waals surface area contributed by atoms with Crippen LogP contribution in [0.25, 0.3) is 0 Å². The fraction of sp³-hybridized carbons (Fsp3) is 0.250. The van der Waals surface area contributed by atoms with Gasteiger partial charge in [0.25, 0.3) is 5.91 Å². The Kier molecular flexibility index (Phi) is 6.72. The van der Waals surface area contributed by atoms with Gasteiger partial charge in [0.2, 0.25) is 0 Å². The molecule has 0 spiro atoms. The molecule has 1 amide bonds. The predicted octanol–water partition coefficient (Wildman–Crippen LogP) is 3.41. The molecule has 1 aromatic heterocycles. The Labute approximate surface area is 187 Å². The molecule has 166 valence electrons. The molecule has 1 aliphatic heterocycles. The van der Waals surface area contributed by atoms with E-state index in [1.807, 2.05) is 43.4 Å². The highest BCUT2D eigenvalue weighted by Crippen LogP contribution is 2.25. The number of benzene rings is 2. The van der Waals surface area contributed by atoms with Crippen molar-refractivity contribution in [2.24, 2.45) is 5.73 Å². The molecular weight excluding hydrogens is 404 g/mol. The molecule has 0 aliphatic carbocycles. The third-order valence-corrected chi connectivity index (χ3v) is 5.44. The first-order valence-corrected chi connectivity index (χ1v) is 10.6. The second-order valence-electron chi connectivity index (χ2n) is 7.51. The number of pyridine rings is 1. The lowest BCUT2D eigenvalue weighted by molar-refractivity contribution is 0.100. The zero-order valence-electron chi connectivity index (χ0n) is 18.1. The number of hydrogen-bond acceptors (Lipinski definition) is 7. The average Bonchev–Trinajstić information content (AvgIpc) is 2.84. The molecule has 0 saturated carbocycles. The molecule has 2 heterocycles. The molecule has 0 atom stereocenters. The second-order valence-corrected chi connectivity index (χ2v) is 7.51. The van der Waals surface area contributed by atoms with Crippen LogP contribution in [0, 0.1) is 0 Å². The Morgan fingerprint density at radius 1 is 1.09 bits per heavy atom. The Hall–Kier alpha value is -3.78. The Morgan fingerprint density at radius 2 is 1.84 bits per heavy atom. The van der Waals surface area contributed by atoms with Gasteiger partial charge in [0.1, 0.15) is 5.82 Å². The minimum absolute atomic E-state index is 0.347. The van der Waals surface area contributed by atoms with E-state index < -0.39 is 5.91 Å². The van der Waals surface area contributed by atoms with E-state index in [1.165, 1.54) is 11.9 Å². The van der Waals surface area contributed by atoms with E-state index in [0.29, 0.717) is 23.6 Å². The standard InChI is InChI=1S/C24H28N6O2/c1-26-21-5-3-2-4-17(21)15-27-22-14-23(28-16-20(22)24(25)31)29-18-6-8-19(9-7-18)30-10-12-32-13-11-30/h2-9,14,16,26H,10-13,15H2,1H3,(H2,25,31)(H2,27,28,29). The highest BCUT2D eigenvalue weighted by Gasteiger charge is 2.13. The zero-order valence-corrected chi connectivity index (χ0v) is 18.1. The van der Waals surface area contributed by atoms with Crippen LogP contribution >= 0.6 is 0 Å². The van der Waals surface area contributed by atoms with Crippen LogP contribution in [0.2, 0.25) is 0 Å². The van der Waals surface area contributed by atoms with Crippen molar-refractivity contribution in [2.75, 3.05) is 54.2 Å². The molecule has 1 saturated heterocycles. The maximum atomic E-state index is 11.9. The number of carbonyl (C=O) groups excluding carboxylic acids is 1. The summed E-state index contributed by atoms with van der Waals surface area (Å²) in [5.41, 5.74) is 10.7. The summed E-state index contributed by atoms with van der Waals surface area (Å²) in [4.78, 5) is 18.6. The van der Waals surface area contributed by atoms with Gasteiger partial charge in [-0.05, 0) is 35.9 Å². The normalized spacial score (nSPS) is 13.5. The van der Waals surface area contributed by atoms with E-state index >= 15 is 0 Å². The van der Waals surface area contributed by atoms with Crippen molar-refractivity contribution in [3.63, 3.8) is 0 Å². The van der Waals surface area contributed by atoms with Crippen LogP contribution in [0.15, 0.2) is 60.8 Å². The monoisotopic (exact) mass is 432 g/mol. The van der Waals surface area contributed by atoms with Crippen LogP contribution in [-0.4, -0.2) is 44.2 Å².